The van der Waals surface area contributed by atoms with Crippen LogP contribution in [0.4, 0.5) is 4.79 Å². The Bertz CT molecular complexity index is 464. The third-order valence-corrected chi connectivity index (χ3v) is 3.85. The number of nitrogens with zero attached hydrogens (tertiary/aromatic N) is 2. The maximum atomic E-state index is 12.1. The number of H-pyrrole nitrogens is 1. The van der Waals surface area contributed by atoms with Gasteiger partial charge in [-0.25, -0.2) is 14.6 Å². The number of amides is 2. The van der Waals surface area contributed by atoms with Crippen molar-refractivity contribution in [3.63, 3.8) is 0 Å². The van der Waals surface area contributed by atoms with E-state index in [1.54, 1.807) is 11.1 Å². The number of imidazole rings is 1. The van der Waals surface area contributed by atoms with Crippen molar-refractivity contribution >= 4 is 12.0 Å². The summed E-state index contributed by atoms with van der Waals surface area (Å²) in [6.45, 7) is 5.53. The molecule has 1 aliphatic rings. The first-order chi connectivity index (χ1) is 9.47. The molecule has 7 nitrogen and oxygen atoms in total. The summed E-state index contributed by atoms with van der Waals surface area (Å²) in [6, 6.07) is -1.26. The number of aromatic nitrogens is 2. The van der Waals surface area contributed by atoms with Gasteiger partial charge in [-0.15, -0.1) is 0 Å². The Morgan fingerprint density at radius 1 is 1.50 bits per heavy atom. The van der Waals surface area contributed by atoms with Crippen LogP contribution in [0.3, 0.4) is 0 Å². The van der Waals surface area contributed by atoms with E-state index < -0.39 is 12.0 Å². The molecule has 0 aliphatic carbocycles. The second kappa shape index (κ2) is 5.94. The predicted molar refractivity (Wildman–Crippen MR) is 72.1 cm³/mol. The van der Waals surface area contributed by atoms with Crippen LogP contribution in [0.15, 0.2) is 12.5 Å². The lowest BCUT2D eigenvalue weighted by Crippen LogP contribution is -2.48. The number of urea groups is 1. The van der Waals surface area contributed by atoms with Gasteiger partial charge in [-0.3, -0.25) is 0 Å². The first kappa shape index (κ1) is 14.4. The lowest BCUT2D eigenvalue weighted by atomic mass is 10.0. The standard InChI is InChI=1S/C13H20N4O3/c1-8-5-17(6-9(8)2)13(20)16-11(12(18)19)3-10-4-14-7-15-10/h4,7-9,11H,3,5-6H2,1-2H3,(H,14,15)(H,16,20)(H,18,19)/t8?,9?,11-/m0/s1. The third-order valence-electron chi connectivity index (χ3n) is 3.85. The van der Waals surface area contributed by atoms with Crippen LogP contribution in [-0.2, 0) is 11.2 Å². The molecule has 0 bridgehead atoms. The van der Waals surface area contributed by atoms with E-state index in [0.29, 0.717) is 30.6 Å². The normalized spacial score (nSPS) is 23.6. The van der Waals surface area contributed by atoms with Crippen molar-refractivity contribution in [3.8, 4) is 0 Å². The van der Waals surface area contributed by atoms with E-state index in [4.69, 9.17) is 0 Å². The first-order valence-electron chi connectivity index (χ1n) is 6.73. The molecule has 110 valence electrons. The average Bonchev–Trinajstić information content (AvgIpc) is 2.99. The van der Waals surface area contributed by atoms with E-state index in [-0.39, 0.29) is 12.5 Å². The zero-order chi connectivity index (χ0) is 14.7. The fourth-order valence-electron chi connectivity index (χ4n) is 2.35. The molecule has 0 aromatic carbocycles. The number of aliphatic carboxylic acids is 1. The van der Waals surface area contributed by atoms with Crippen LogP contribution in [0.25, 0.3) is 0 Å². The monoisotopic (exact) mass is 280 g/mol. The highest BCUT2D eigenvalue weighted by Gasteiger charge is 2.31. The van der Waals surface area contributed by atoms with Crippen molar-refractivity contribution in [2.75, 3.05) is 13.1 Å². The lowest BCUT2D eigenvalue weighted by Gasteiger charge is -2.20. The van der Waals surface area contributed by atoms with Gasteiger partial charge in [0.2, 0.25) is 0 Å². The van der Waals surface area contributed by atoms with Gasteiger partial charge in [0.25, 0.3) is 0 Å². The maximum Gasteiger partial charge on any atom is 0.326 e. The van der Waals surface area contributed by atoms with Crippen molar-refractivity contribution in [2.24, 2.45) is 11.8 Å². The quantitative estimate of drug-likeness (QED) is 0.756. The van der Waals surface area contributed by atoms with Crippen LogP contribution in [0, 0.1) is 11.8 Å². The van der Waals surface area contributed by atoms with Crippen LogP contribution in [-0.4, -0.2) is 51.1 Å². The summed E-state index contributed by atoms with van der Waals surface area (Å²) >= 11 is 0. The SMILES string of the molecule is CC1CN(C(=O)N[C@@H](Cc2cnc[nH]2)C(=O)O)CC1C. The Morgan fingerprint density at radius 2 is 2.15 bits per heavy atom. The summed E-state index contributed by atoms with van der Waals surface area (Å²) < 4.78 is 0. The predicted octanol–water partition coefficient (Wildman–Crippen LogP) is 0.703. The van der Waals surface area contributed by atoms with Gasteiger partial charge in [0.1, 0.15) is 6.04 Å². The summed E-state index contributed by atoms with van der Waals surface area (Å²) in [4.78, 5) is 31.7. The van der Waals surface area contributed by atoms with Crippen molar-refractivity contribution in [1.82, 2.24) is 20.2 Å². The summed E-state index contributed by atoms with van der Waals surface area (Å²) in [5, 5.41) is 11.8. The minimum absolute atomic E-state index is 0.194. The number of aromatic amines is 1. The number of nitrogens with one attached hydrogen (secondary N) is 2. The Morgan fingerprint density at radius 3 is 2.65 bits per heavy atom. The number of carbonyl (C=O) groups is 2. The lowest BCUT2D eigenvalue weighted by molar-refractivity contribution is -0.139. The molecule has 2 unspecified atom stereocenters. The number of carbonyl (C=O) groups excluding carboxylic acids is 1. The molecular weight excluding hydrogens is 260 g/mol. The van der Waals surface area contributed by atoms with Gasteiger partial charge in [0.05, 0.1) is 6.33 Å². The highest BCUT2D eigenvalue weighted by Crippen LogP contribution is 2.21. The second-order valence-electron chi connectivity index (χ2n) is 5.48. The molecule has 7 heteroatoms. The molecule has 1 aromatic heterocycles. The Labute approximate surface area is 117 Å². The summed E-state index contributed by atoms with van der Waals surface area (Å²) in [5.41, 5.74) is 0.681. The summed E-state index contributed by atoms with van der Waals surface area (Å²) in [6.07, 6.45) is 3.24. The molecular formula is C13H20N4O3. The molecule has 1 aromatic rings. The fraction of sp³-hybridized carbons (Fsp3) is 0.615. The number of rotatable bonds is 4. The number of hydrogen-bond donors (Lipinski definition) is 3. The average molecular weight is 280 g/mol. The summed E-state index contributed by atoms with van der Waals surface area (Å²) in [5.74, 6) is -0.165. The van der Waals surface area contributed by atoms with Crippen LogP contribution in [0.2, 0.25) is 0 Å². The molecule has 1 fully saturated rings. The minimum atomic E-state index is -1.05. The van der Waals surface area contributed by atoms with Crippen molar-refractivity contribution < 1.29 is 14.7 Å². The minimum Gasteiger partial charge on any atom is -0.480 e. The van der Waals surface area contributed by atoms with Gasteiger partial charge < -0.3 is 20.3 Å². The van der Waals surface area contributed by atoms with Gasteiger partial charge in [-0.2, -0.15) is 0 Å². The van der Waals surface area contributed by atoms with E-state index in [0.717, 1.165) is 0 Å². The fourth-order valence-corrected chi connectivity index (χ4v) is 2.35. The van der Waals surface area contributed by atoms with Gasteiger partial charge in [-0.05, 0) is 11.8 Å². The number of hydrogen-bond acceptors (Lipinski definition) is 3. The zero-order valence-corrected chi connectivity index (χ0v) is 11.7. The van der Waals surface area contributed by atoms with Crippen LogP contribution >= 0.6 is 0 Å². The third kappa shape index (κ3) is 3.28. The van der Waals surface area contributed by atoms with Gasteiger partial charge >= 0.3 is 12.0 Å². The van der Waals surface area contributed by atoms with Crippen LogP contribution < -0.4 is 5.32 Å². The van der Waals surface area contributed by atoms with Crippen LogP contribution in [0.5, 0.6) is 0 Å². The van der Waals surface area contributed by atoms with E-state index in [1.807, 2.05) is 0 Å². The van der Waals surface area contributed by atoms with Crippen molar-refractivity contribution in [1.29, 1.82) is 0 Å². The Hall–Kier alpha value is -2.05. The van der Waals surface area contributed by atoms with E-state index >= 15 is 0 Å². The molecule has 3 N–H and O–H groups in total. The Balaban J connectivity index is 1.94. The zero-order valence-electron chi connectivity index (χ0n) is 11.7. The number of carboxylic acids is 1. The molecule has 20 heavy (non-hydrogen) atoms. The molecule has 0 radical (unpaired) electrons. The Kier molecular flexibility index (Phi) is 4.26. The van der Waals surface area contributed by atoms with Gasteiger partial charge in [-0.1, -0.05) is 13.8 Å². The van der Waals surface area contributed by atoms with E-state index in [2.05, 4.69) is 29.1 Å². The van der Waals surface area contributed by atoms with Gasteiger partial charge in [0, 0.05) is 31.4 Å². The smallest absolute Gasteiger partial charge is 0.326 e. The second-order valence-corrected chi connectivity index (χ2v) is 5.48. The largest absolute Gasteiger partial charge is 0.480 e. The topological polar surface area (TPSA) is 98.3 Å². The molecule has 1 aliphatic heterocycles. The first-order valence-corrected chi connectivity index (χ1v) is 6.73. The molecule has 2 amide bonds. The summed E-state index contributed by atoms with van der Waals surface area (Å²) in [7, 11) is 0. The highest BCUT2D eigenvalue weighted by molar-refractivity contribution is 5.82. The van der Waals surface area contributed by atoms with Gasteiger partial charge in [0.15, 0.2) is 0 Å². The molecule has 0 saturated carbocycles. The maximum absolute atomic E-state index is 12.1. The van der Waals surface area contributed by atoms with E-state index in [1.165, 1.54) is 6.33 Å². The number of carboxylic acid groups (broad SMARTS) is 1. The van der Waals surface area contributed by atoms with Crippen LogP contribution in [0.1, 0.15) is 19.5 Å². The number of likely N-dealkylation sites (tertiary alicyclic amines) is 1. The van der Waals surface area contributed by atoms with Crippen molar-refractivity contribution in [3.05, 3.63) is 18.2 Å². The van der Waals surface area contributed by atoms with E-state index in [9.17, 15) is 14.7 Å². The highest BCUT2D eigenvalue weighted by atomic mass is 16.4. The molecule has 1 saturated heterocycles. The molecule has 0 spiro atoms. The molecule has 3 atom stereocenters. The molecule has 2 heterocycles. The van der Waals surface area contributed by atoms with Crippen molar-refractivity contribution in [2.45, 2.75) is 26.3 Å². The molecule has 2 rings (SSSR count).